The van der Waals surface area contributed by atoms with E-state index in [2.05, 4.69) is 5.32 Å². The molecule has 1 aliphatic heterocycles. The van der Waals surface area contributed by atoms with Crippen LogP contribution in [0.3, 0.4) is 0 Å². The number of amides is 1. The van der Waals surface area contributed by atoms with Crippen molar-refractivity contribution in [3.63, 3.8) is 0 Å². The Hall–Kier alpha value is -1.84. The van der Waals surface area contributed by atoms with Gasteiger partial charge < -0.3 is 10.2 Å². The number of anilines is 2. The molecule has 0 atom stereocenters. The molecule has 0 bridgehead atoms. The third-order valence-corrected chi connectivity index (χ3v) is 3.74. The van der Waals surface area contributed by atoms with Gasteiger partial charge in [0.2, 0.25) is 5.91 Å². The number of carbonyl (C=O) groups is 2. The first kappa shape index (κ1) is 11.3. The van der Waals surface area contributed by atoms with E-state index in [4.69, 9.17) is 0 Å². The Balaban J connectivity index is 1.91. The van der Waals surface area contributed by atoms with E-state index in [1.807, 2.05) is 29.2 Å². The number of nitrogens with one attached hydrogen (secondary N) is 1. The molecule has 4 heteroatoms. The van der Waals surface area contributed by atoms with Crippen LogP contribution in [0.15, 0.2) is 24.3 Å². The summed E-state index contributed by atoms with van der Waals surface area (Å²) < 4.78 is 0. The molecule has 0 saturated heterocycles. The fraction of sp³-hybridized carbons (Fsp3) is 0.429. The zero-order valence-electron chi connectivity index (χ0n) is 10.2. The number of hydrogen-bond donors (Lipinski definition) is 1. The van der Waals surface area contributed by atoms with Crippen LogP contribution >= 0.6 is 0 Å². The average Bonchev–Trinajstić information content (AvgIpc) is 2.40. The molecule has 0 aromatic heterocycles. The number of benzene rings is 1. The van der Waals surface area contributed by atoms with Crippen LogP contribution in [-0.2, 0) is 9.59 Å². The molecule has 4 nitrogen and oxygen atoms in total. The van der Waals surface area contributed by atoms with E-state index < -0.39 is 0 Å². The predicted molar refractivity (Wildman–Crippen MR) is 69.7 cm³/mol. The maximum absolute atomic E-state index is 12.1. The minimum atomic E-state index is 0.105. The summed E-state index contributed by atoms with van der Waals surface area (Å²) in [5.41, 5.74) is 1.96. The van der Waals surface area contributed by atoms with Crippen molar-refractivity contribution in [1.29, 1.82) is 0 Å². The minimum Gasteiger partial charge on any atom is -0.374 e. The molecule has 1 aromatic carbocycles. The quantitative estimate of drug-likeness (QED) is 0.821. The summed E-state index contributed by atoms with van der Waals surface area (Å²) >= 11 is 0. The third kappa shape index (κ3) is 1.88. The van der Waals surface area contributed by atoms with Crippen molar-refractivity contribution >= 4 is 23.1 Å². The highest BCUT2D eigenvalue weighted by atomic mass is 16.2. The molecule has 1 aromatic rings. The van der Waals surface area contributed by atoms with Crippen molar-refractivity contribution in [3.8, 4) is 0 Å². The molecular formula is C14H16N2O2. The van der Waals surface area contributed by atoms with Crippen LogP contribution in [0.25, 0.3) is 0 Å². The highest BCUT2D eigenvalue weighted by Crippen LogP contribution is 2.34. The topological polar surface area (TPSA) is 49.4 Å². The highest BCUT2D eigenvalue weighted by molar-refractivity contribution is 6.03. The second-order valence-corrected chi connectivity index (χ2v) is 4.90. The predicted octanol–water partition coefficient (Wildman–Crippen LogP) is 1.96. The van der Waals surface area contributed by atoms with Gasteiger partial charge in [-0.2, -0.15) is 0 Å². The van der Waals surface area contributed by atoms with Crippen LogP contribution in [0.5, 0.6) is 0 Å². The standard InChI is InChI=1S/C14H16N2O2/c17-11-7-5-10(6-8-11)16-13-4-2-1-3-12(13)15-9-14(16)18/h1-4,10,15H,5-9H2. The first-order valence-electron chi connectivity index (χ1n) is 6.42. The van der Waals surface area contributed by atoms with Crippen molar-refractivity contribution in [2.24, 2.45) is 0 Å². The van der Waals surface area contributed by atoms with Crippen molar-refractivity contribution in [2.45, 2.75) is 31.7 Å². The minimum absolute atomic E-state index is 0.105. The number of ketones is 1. The molecule has 0 radical (unpaired) electrons. The molecule has 1 fully saturated rings. The number of Topliss-reactive ketones (excluding diaryl/α,β-unsaturated/α-hetero) is 1. The summed E-state index contributed by atoms with van der Waals surface area (Å²) in [4.78, 5) is 25.3. The zero-order valence-corrected chi connectivity index (χ0v) is 10.2. The van der Waals surface area contributed by atoms with Crippen LogP contribution in [0.2, 0.25) is 0 Å². The van der Waals surface area contributed by atoms with Gasteiger partial charge in [0.05, 0.1) is 17.9 Å². The van der Waals surface area contributed by atoms with Gasteiger partial charge in [-0.3, -0.25) is 9.59 Å². The summed E-state index contributed by atoms with van der Waals surface area (Å²) in [5.74, 6) is 0.426. The Kier molecular flexibility index (Phi) is 2.78. The molecule has 2 aliphatic rings. The van der Waals surface area contributed by atoms with Gasteiger partial charge in [0, 0.05) is 18.9 Å². The molecule has 18 heavy (non-hydrogen) atoms. The van der Waals surface area contributed by atoms with E-state index in [1.54, 1.807) is 0 Å². The van der Waals surface area contributed by atoms with Gasteiger partial charge >= 0.3 is 0 Å². The fourth-order valence-corrected chi connectivity index (χ4v) is 2.81. The van der Waals surface area contributed by atoms with Crippen molar-refractivity contribution in [1.82, 2.24) is 0 Å². The molecular weight excluding hydrogens is 228 g/mol. The van der Waals surface area contributed by atoms with Gasteiger partial charge in [0.1, 0.15) is 5.78 Å². The summed E-state index contributed by atoms with van der Waals surface area (Å²) in [6.45, 7) is 0.349. The lowest BCUT2D eigenvalue weighted by atomic mass is 9.92. The van der Waals surface area contributed by atoms with E-state index in [0.717, 1.165) is 24.2 Å². The number of nitrogens with zero attached hydrogens (tertiary/aromatic N) is 1. The van der Waals surface area contributed by atoms with E-state index in [0.29, 0.717) is 25.2 Å². The highest BCUT2D eigenvalue weighted by Gasteiger charge is 2.32. The molecule has 1 N–H and O–H groups in total. The average molecular weight is 244 g/mol. The molecule has 1 aliphatic carbocycles. The number of para-hydroxylation sites is 2. The van der Waals surface area contributed by atoms with Crippen molar-refractivity contribution in [2.75, 3.05) is 16.8 Å². The van der Waals surface area contributed by atoms with Gasteiger partial charge in [0.25, 0.3) is 0 Å². The zero-order chi connectivity index (χ0) is 12.5. The maximum Gasteiger partial charge on any atom is 0.246 e. The third-order valence-electron chi connectivity index (χ3n) is 3.74. The van der Waals surface area contributed by atoms with E-state index in [1.165, 1.54) is 0 Å². The van der Waals surface area contributed by atoms with E-state index >= 15 is 0 Å². The van der Waals surface area contributed by atoms with Crippen LogP contribution in [0, 0.1) is 0 Å². The molecule has 94 valence electrons. The lowest BCUT2D eigenvalue weighted by Gasteiger charge is -2.38. The second-order valence-electron chi connectivity index (χ2n) is 4.90. The molecule has 0 unspecified atom stereocenters. The Bertz CT molecular complexity index is 488. The van der Waals surface area contributed by atoms with Gasteiger partial charge in [-0.25, -0.2) is 0 Å². The number of hydrogen-bond acceptors (Lipinski definition) is 3. The first-order valence-corrected chi connectivity index (χ1v) is 6.42. The monoisotopic (exact) mass is 244 g/mol. The van der Waals surface area contributed by atoms with Gasteiger partial charge in [-0.1, -0.05) is 12.1 Å². The molecule has 1 saturated carbocycles. The van der Waals surface area contributed by atoms with Crippen molar-refractivity contribution < 1.29 is 9.59 Å². The van der Waals surface area contributed by atoms with Gasteiger partial charge in [-0.05, 0) is 25.0 Å². The molecule has 3 rings (SSSR count). The summed E-state index contributed by atoms with van der Waals surface area (Å²) in [6, 6.07) is 8.04. The van der Waals surface area contributed by atoms with E-state index in [-0.39, 0.29) is 11.9 Å². The number of carbonyl (C=O) groups excluding carboxylic acids is 2. The van der Waals surface area contributed by atoms with Crippen LogP contribution in [0.1, 0.15) is 25.7 Å². The van der Waals surface area contributed by atoms with Gasteiger partial charge in [0.15, 0.2) is 0 Å². The Morgan fingerprint density at radius 1 is 1.11 bits per heavy atom. The summed E-state index contributed by atoms with van der Waals surface area (Å²) in [6.07, 6.45) is 2.78. The van der Waals surface area contributed by atoms with Crippen LogP contribution in [-0.4, -0.2) is 24.3 Å². The molecule has 1 amide bonds. The normalized spacial score (nSPS) is 20.6. The fourth-order valence-electron chi connectivity index (χ4n) is 2.81. The number of fused-ring (bicyclic) bond motifs is 1. The lowest BCUT2D eigenvalue weighted by molar-refractivity contribution is -0.122. The second kappa shape index (κ2) is 4.44. The first-order chi connectivity index (χ1) is 8.75. The molecule has 0 spiro atoms. The van der Waals surface area contributed by atoms with Gasteiger partial charge in [-0.15, -0.1) is 0 Å². The smallest absolute Gasteiger partial charge is 0.246 e. The largest absolute Gasteiger partial charge is 0.374 e. The summed E-state index contributed by atoms with van der Waals surface area (Å²) in [7, 11) is 0. The summed E-state index contributed by atoms with van der Waals surface area (Å²) in [5, 5.41) is 3.13. The van der Waals surface area contributed by atoms with Crippen molar-refractivity contribution in [3.05, 3.63) is 24.3 Å². The lowest BCUT2D eigenvalue weighted by Crippen LogP contribution is -2.47. The Morgan fingerprint density at radius 3 is 2.61 bits per heavy atom. The maximum atomic E-state index is 12.1. The Labute approximate surface area is 106 Å². The van der Waals surface area contributed by atoms with E-state index in [9.17, 15) is 9.59 Å². The Morgan fingerprint density at radius 2 is 1.83 bits per heavy atom. The number of rotatable bonds is 1. The molecule has 1 heterocycles. The van der Waals surface area contributed by atoms with Crippen LogP contribution in [0.4, 0.5) is 11.4 Å². The SMILES string of the molecule is O=C1CCC(N2C(=O)CNc3ccccc32)CC1. The van der Waals surface area contributed by atoms with Crippen LogP contribution < -0.4 is 10.2 Å².